The third-order valence-electron chi connectivity index (χ3n) is 4.23. The van der Waals surface area contributed by atoms with Crippen LogP contribution in [-0.2, 0) is 11.3 Å². The molecule has 0 spiro atoms. The Hall–Kier alpha value is -1.55. The van der Waals surface area contributed by atoms with Crippen LogP contribution in [0.4, 0.5) is 0 Å². The molecule has 1 atom stereocenters. The van der Waals surface area contributed by atoms with E-state index in [0.717, 1.165) is 50.3 Å². The molecule has 1 N–H and O–H groups in total. The van der Waals surface area contributed by atoms with E-state index in [2.05, 4.69) is 17.9 Å². The molecule has 2 rings (SSSR count). The number of carbonyl (C=O) groups is 1. The van der Waals surface area contributed by atoms with Crippen LogP contribution in [0, 0.1) is 5.92 Å². The molecule has 4 heteroatoms. The number of hydrogen-bond acceptors (Lipinski definition) is 3. The van der Waals surface area contributed by atoms with Crippen LogP contribution >= 0.6 is 0 Å². The zero-order valence-electron chi connectivity index (χ0n) is 13.5. The van der Waals surface area contributed by atoms with E-state index in [0.29, 0.717) is 6.54 Å². The number of aliphatic carboxylic acids is 1. The number of carboxylic acid groups (broad SMARTS) is 1. The number of carboxylic acids is 1. The minimum absolute atomic E-state index is 0.230. The molecule has 1 heterocycles. The number of benzene rings is 1. The molecular weight excluding hydrogens is 278 g/mol. The number of ether oxygens (including phenoxy) is 1. The highest BCUT2D eigenvalue weighted by molar-refractivity contribution is 5.70. The molecule has 0 saturated carbocycles. The average Bonchev–Trinajstić information content (AvgIpc) is 2.53. The second-order valence-corrected chi connectivity index (χ2v) is 6.08. The number of para-hydroxylation sites is 1. The zero-order valence-corrected chi connectivity index (χ0v) is 13.5. The first-order valence-electron chi connectivity index (χ1n) is 8.36. The first-order chi connectivity index (χ1) is 10.7. The number of piperidine rings is 1. The first-order valence-corrected chi connectivity index (χ1v) is 8.36. The number of unbranched alkanes of at least 4 members (excludes halogenated alkanes) is 2. The standard InChI is InChI=1S/C18H27NO3/c1-2-3-6-12-22-17-10-5-4-8-15(17)13-19-11-7-9-16(14-19)18(20)21/h4-5,8,10,16H,2-3,6-7,9,11-14H2,1H3,(H,20,21). The number of nitrogens with zero attached hydrogens (tertiary/aromatic N) is 1. The Bertz CT molecular complexity index is 475. The summed E-state index contributed by atoms with van der Waals surface area (Å²) in [5.41, 5.74) is 1.16. The summed E-state index contributed by atoms with van der Waals surface area (Å²) in [6.45, 7) is 5.31. The van der Waals surface area contributed by atoms with Gasteiger partial charge in [0.2, 0.25) is 0 Å². The van der Waals surface area contributed by atoms with Crippen LogP contribution in [0.2, 0.25) is 0 Å². The molecule has 1 saturated heterocycles. The normalized spacial score (nSPS) is 19.0. The fraction of sp³-hybridized carbons (Fsp3) is 0.611. The summed E-state index contributed by atoms with van der Waals surface area (Å²) in [6.07, 6.45) is 5.21. The Labute approximate surface area is 133 Å². The van der Waals surface area contributed by atoms with Crippen LogP contribution in [0.1, 0.15) is 44.6 Å². The van der Waals surface area contributed by atoms with Crippen molar-refractivity contribution >= 4 is 5.97 Å². The molecule has 0 aliphatic carbocycles. The van der Waals surface area contributed by atoms with Gasteiger partial charge in [0.1, 0.15) is 5.75 Å². The third kappa shape index (κ3) is 5.02. The molecular formula is C18H27NO3. The third-order valence-corrected chi connectivity index (χ3v) is 4.23. The molecule has 0 bridgehead atoms. The summed E-state index contributed by atoms with van der Waals surface area (Å²) in [6, 6.07) is 8.11. The summed E-state index contributed by atoms with van der Waals surface area (Å²) in [4.78, 5) is 13.4. The molecule has 1 aliphatic rings. The zero-order chi connectivity index (χ0) is 15.8. The molecule has 1 aromatic rings. The lowest BCUT2D eigenvalue weighted by molar-refractivity contribution is -0.143. The quantitative estimate of drug-likeness (QED) is 0.746. The SMILES string of the molecule is CCCCCOc1ccccc1CN1CCCC(C(=O)O)C1. The monoisotopic (exact) mass is 305 g/mol. The molecule has 1 aliphatic heterocycles. The first kappa shape index (κ1) is 16.8. The lowest BCUT2D eigenvalue weighted by Crippen LogP contribution is -2.38. The van der Waals surface area contributed by atoms with Gasteiger partial charge in [0.05, 0.1) is 12.5 Å². The van der Waals surface area contributed by atoms with Gasteiger partial charge in [-0.15, -0.1) is 0 Å². The number of hydrogen-bond donors (Lipinski definition) is 1. The van der Waals surface area contributed by atoms with Crippen LogP contribution in [0.25, 0.3) is 0 Å². The van der Waals surface area contributed by atoms with Gasteiger partial charge >= 0.3 is 5.97 Å². The van der Waals surface area contributed by atoms with Crippen molar-refractivity contribution < 1.29 is 14.6 Å². The summed E-state index contributed by atoms with van der Waals surface area (Å²) >= 11 is 0. The van der Waals surface area contributed by atoms with Gasteiger partial charge in [0.25, 0.3) is 0 Å². The molecule has 1 unspecified atom stereocenters. The smallest absolute Gasteiger partial charge is 0.307 e. The Balaban J connectivity index is 1.92. The van der Waals surface area contributed by atoms with Crippen molar-refractivity contribution in [1.82, 2.24) is 4.90 Å². The Kier molecular flexibility index (Phi) is 6.72. The van der Waals surface area contributed by atoms with Crippen molar-refractivity contribution in [3.8, 4) is 5.75 Å². The van der Waals surface area contributed by atoms with Crippen LogP contribution in [-0.4, -0.2) is 35.7 Å². The summed E-state index contributed by atoms with van der Waals surface area (Å²) in [5, 5.41) is 9.19. The van der Waals surface area contributed by atoms with Gasteiger partial charge < -0.3 is 9.84 Å². The maximum atomic E-state index is 11.2. The summed E-state index contributed by atoms with van der Waals surface area (Å²) in [5.74, 6) is 0.0382. The minimum atomic E-state index is -0.672. The fourth-order valence-corrected chi connectivity index (χ4v) is 2.95. The van der Waals surface area contributed by atoms with E-state index in [1.165, 1.54) is 12.8 Å². The predicted molar refractivity (Wildman–Crippen MR) is 87.1 cm³/mol. The van der Waals surface area contributed by atoms with E-state index in [4.69, 9.17) is 4.74 Å². The van der Waals surface area contributed by atoms with E-state index in [-0.39, 0.29) is 5.92 Å². The average molecular weight is 305 g/mol. The fourth-order valence-electron chi connectivity index (χ4n) is 2.95. The maximum absolute atomic E-state index is 11.2. The number of rotatable bonds is 8. The van der Waals surface area contributed by atoms with Crippen molar-refractivity contribution in [2.45, 2.75) is 45.6 Å². The highest BCUT2D eigenvalue weighted by Gasteiger charge is 2.25. The van der Waals surface area contributed by atoms with Crippen molar-refractivity contribution in [1.29, 1.82) is 0 Å². The van der Waals surface area contributed by atoms with Gasteiger partial charge in [-0.05, 0) is 31.9 Å². The summed E-state index contributed by atoms with van der Waals surface area (Å²) in [7, 11) is 0. The topological polar surface area (TPSA) is 49.8 Å². The van der Waals surface area contributed by atoms with Gasteiger partial charge in [0, 0.05) is 18.7 Å². The van der Waals surface area contributed by atoms with Gasteiger partial charge in [-0.3, -0.25) is 9.69 Å². The van der Waals surface area contributed by atoms with Crippen molar-refractivity contribution in [2.75, 3.05) is 19.7 Å². The molecule has 22 heavy (non-hydrogen) atoms. The molecule has 122 valence electrons. The second kappa shape index (κ2) is 8.79. The van der Waals surface area contributed by atoms with E-state index >= 15 is 0 Å². The highest BCUT2D eigenvalue weighted by Crippen LogP contribution is 2.24. The van der Waals surface area contributed by atoms with Crippen LogP contribution < -0.4 is 4.74 Å². The van der Waals surface area contributed by atoms with Gasteiger partial charge in [-0.1, -0.05) is 38.0 Å². The van der Waals surface area contributed by atoms with E-state index in [1.54, 1.807) is 0 Å². The van der Waals surface area contributed by atoms with E-state index < -0.39 is 5.97 Å². The van der Waals surface area contributed by atoms with Gasteiger partial charge in [-0.25, -0.2) is 0 Å². The molecule has 0 radical (unpaired) electrons. The minimum Gasteiger partial charge on any atom is -0.493 e. The van der Waals surface area contributed by atoms with Crippen LogP contribution in [0.5, 0.6) is 5.75 Å². The second-order valence-electron chi connectivity index (χ2n) is 6.08. The molecule has 0 amide bonds. The molecule has 0 aromatic heterocycles. The Morgan fingerprint density at radius 1 is 1.36 bits per heavy atom. The van der Waals surface area contributed by atoms with Crippen molar-refractivity contribution in [2.24, 2.45) is 5.92 Å². The maximum Gasteiger partial charge on any atom is 0.307 e. The van der Waals surface area contributed by atoms with Crippen LogP contribution in [0.3, 0.4) is 0 Å². The van der Waals surface area contributed by atoms with Gasteiger partial charge in [-0.2, -0.15) is 0 Å². The summed E-state index contributed by atoms with van der Waals surface area (Å²) < 4.78 is 5.91. The largest absolute Gasteiger partial charge is 0.493 e. The molecule has 1 fully saturated rings. The predicted octanol–water partition coefficient (Wildman–Crippen LogP) is 3.55. The van der Waals surface area contributed by atoms with E-state index in [1.807, 2.05) is 18.2 Å². The van der Waals surface area contributed by atoms with Gasteiger partial charge in [0.15, 0.2) is 0 Å². The highest BCUT2D eigenvalue weighted by atomic mass is 16.5. The molecule has 1 aromatic carbocycles. The molecule has 4 nitrogen and oxygen atoms in total. The lowest BCUT2D eigenvalue weighted by Gasteiger charge is -2.31. The Morgan fingerprint density at radius 2 is 2.18 bits per heavy atom. The van der Waals surface area contributed by atoms with E-state index in [9.17, 15) is 9.90 Å². The van der Waals surface area contributed by atoms with Crippen molar-refractivity contribution in [3.05, 3.63) is 29.8 Å². The van der Waals surface area contributed by atoms with Crippen LogP contribution in [0.15, 0.2) is 24.3 Å². The lowest BCUT2D eigenvalue weighted by atomic mass is 9.98. The van der Waals surface area contributed by atoms with Crippen molar-refractivity contribution in [3.63, 3.8) is 0 Å². The Morgan fingerprint density at radius 3 is 2.95 bits per heavy atom. The number of likely N-dealkylation sites (tertiary alicyclic amines) is 1.